The first-order chi connectivity index (χ1) is 20.7. The van der Waals surface area contributed by atoms with E-state index >= 15 is 8.78 Å². The molecule has 6 atom stereocenters. The third-order valence-electron chi connectivity index (χ3n) is 8.22. The molecule has 11 nitrogen and oxygen atoms in total. The Morgan fingerprint density at radius 1 is 1.16 bits per heavy atom. The number of primary amides is 1. The molecule has 1 aliphatic carbocycles. The lowest BCUT2D eigenvalue weighted by Gasteiger charge is -2.27. The SMILES string of the molecule is CC[C@@H]1[C@@H]2CN(C(=O)[C@H](C)NC(=O)O[C@@H]3C[C@H]3CCCCC(F)(F)c3nc4ccc(OC(F)(F)F)cc4nc3O2)[C@@H]1C(N)=O. The van der Waals surface area contributed by atoms with E-state index in [4.69, 9.17) is 15.2 Å². The number of nitrogens with one attached hydrogen (secondary N) is 1. The number of carbonyl (C=O) groups is 3. The van der Waals surface area contributed by atoms with E-state index < -0.39 is 84.1 Å². The number of halogens is 5. The van der Waals surface area contributed by atoms with Crippen molar-refractivity contribution >= 4 is 28.9 Å². The van der Waals surface area contributed by atoms with Gasteiger partial charge in [0.25, 0.3) is 5.92 Å². The van der Waals surface area contributed by atoms with Gasteiger partial charge in [0.15, 0.2) is 5.69 Å². The minimum absolute atomic E-state index is 0.00405. The molecule has 3 aliphatic rings. The van der Waals surface area contributed by atoms with Gasteiger partial charge in [0, 0.05) is 18.4 Å². The number of alkyl carbamates (subject to hydrolysis) is 1. The number of fused-ring (bicyclic) bond motifs is 5. The average Bonchev–Trinajstić information content (AvgIpc) is 3.55. The normalized spacial score (nSPS) is 29.3. The number of hydrogen-bond acceptors (Lipinski definition) is 8. The molecule has 5 rings (SSSR count). The number of alkyl halides is 5. The van der Waals surface area contributed by atoms with Crippen molar-refractivity contribution in [3.63, 3.8) is 0 Å². The third kappa shape index (κ3) is 6.73. The summed E-state index contributed by atoms with van der Waals surface area (Å²) < 4.78 is 85.4. The van der Waals surface area contributed by atoms with Crippen LogP contribution >= 0.6 is 0 Å². The molecule has 44 heavy (non-hydrogen) atoms. The van der Waals surface area contributed by atoms with Crippen LogP contribution in [0.5, 0.6) is 11.6 Å². The van der Waals surface area contributed by atoms with Crippen molar-refractivity contribution in [3.8, 4) is 11.6 Å². The monoisotopic (exact) mass is 629 g/mol. The Hall–Kier alpha value is -3.98. The van der Waals surface area contributed by atoms with Crippen molar-refractivity contribution in [2.24, 2.45) is 17.6 Å². The van der Waals surface area contributed by atoms with Gasteiger partial charge in [-0.25, -0.2) is 14.8 Å². The molecule has 1 saturated carbocycles. The van der Waals surface area contributed by atoms with Crippen LogP contribution in [0, 0.1) is 11.8 Å². The summed E-state index contributed by atoms with van der Waals surface area (Å²) in [7, 11) is 0. The first-order valence-electron chi connectivity index (χ1n) is 14.4. The predicted molar refractivity (Wildman–Crippen MR) is 142 cm³/mol. The molecule has 2 aromatic rings. The predicted octanol–water partition coefficient (Wildman–Crippen LogP) is 4.17. The van der Waals surface area contributed by atoms with Crippen LogP contribution in [0.1, 0.15) is 58.1 Å². The largest absolute Gasteiger partial charge is 0.573 e. The first-order valence-corrected chi connectivity index (χ1v) is 14.4. The lowest BCUT2D eigenvalue weighted by molar-refractivity contribution is -0.274. The standard InChI is InChI=1S/C28H32F5N5O6/c1-3-16-20-12-38(21(16)23(34)39)25(40)13(2)35-26(41)43-19-10-14(19)6-4-5-9-27(29,30)22-24(42-20)37-18-11-15(44-28(31,32)33)7-8-17(18)36-22/h7-8,11,13-14,16,19-21H,3-6,9-10,12H2,1-2H3,(H2,34,39)(H,35,41)/t13-,14+,16+,19+,20-,21-/m0/s1. The molecule has 0 radical (unpaired) electrons. The summed E-state index contributed by atoms with van der Waals surface area (Å²) in [6.07, 6.45) is -6.11. The maximum atomic E-state index is 15.8. The highest BCUT2D eigenvalue weighted by molar-refractivity contribution is 5.91. The molecule has 1 aromatic carbocycles. The zero-order valence-corrected chi connectivity index (χ0v) is 23.9. The zero-order valence-electron chi connectivity index (χ0n) is 23.9. The van der Waals surface area contributed by atoms with E-state index in [9.17, 15) is 27.6 Å². The zero-order chi connectivity index (χ0) is 32.0. The molecule has 2 aliphatic heterocycles. The molecule has 3 amide bonds. The van der Waals surface area contributed by atoms with Crippen LogP contribution in [-0.4, -0.2) is 70.0 Å². The fourth-order valence-corrected chi connectivity index (χ4v) is 5.96. The van der Waals surface area contributed by atoms with Crippen molar-refractivity contribution < 1.29 is 50.5 Å². The second-order valence-corrected chi connectivity index (χ2v) is 11.4. The summed E-state index contributed by atoms with van der Waals surface area (Å²) in [6, 6.07) is 0.592. The molecule has 3 N–H and O–H groups in total. The van der Waals surface area contributed by atoms with E-state index in [1.807, 2.05) is 0 Å². The van der Waals surface area contributed by atoms with Crippen LogP contribution in [0.15, 0.2) is 18.2 Å². The third-order valence-corrected chi connectivity index (χ3v) is 8.22. The Kier molecular flexibility index (Phi) is 8.46. The Bertz CT molecular complexity index is 1440. The minimum atomic E-state index is -5.00. The number of nitrogens with two attached hydrogens (primary N) is 1. The van der Waals surface area contributed by atoms with Crippen molar-refractivity contribution in [3.05, 3.63) is 23.9 Å². The maximum absolute atomic E-state index is 15.8. The Morgan fingerprint density at radius 3 is 2.59 bits per heavy atom. The lowest BCUT2D eigenvalue weighted by Crippen LogP contribution is -2.53. The second-order valence-electron chi connectivity index (χ2n) is 11.4. The van der Waals surface area contributed by atoms with E-state index in [0.717, 1.165) is 23.1 Å². The van der Waals surface area contributed by atoms with Crippen molar-refractivity contribution in [2.75, 3.05) is 6.54 Å². The molecule has 0 spiro atoms. The number of nitrogens with zero attached hydrogens (tertiary/aromatic N) is 3. The van der Waals surface area contributed by atoms with Gasteiger partial charge in [-0.2, -0.15) is 8.78 Å². The maximum Gasteiger partial charge on any atom is 0.573 e. The average molecular weight is 630 g/mol. The van der Waals surface area contributed by atoms with E-state index in [1.54, 1.807) is 6.92 Å². The number of aromatic nitrogens is 2. The van der Waals surface area contributed by atoms with E-state index in [2.05, 4.69) is 20.0 Å². The molecule has 0 unspecified atom stereocenters. The second kappa shape index (κ2) is 11.8. The van der Waals surface area contributed by atoms with E-state index in [-0.39, 0.29) is 36.3 Å². The van der Waals surface area contributed by atoms with Gasteiger partial charge in [0.2, 0.25) is 17.7 Å². The van der Waals surface area contributed by atoms with Gasteiger partial charge in [0.05, 0.1) is 17.6 Å². The lowest BCUT2D eigenvalue weighted by atomic mass is 9.94. The van der Waals surface area contributed by atoms with Gasteiger partial charge in [-0.3, -0.25) is 9.59 Å². The quantitative estimate of drug-likeness (QED) is 0.482. The van der Waals surface area contributed by atoms with E-state index in [1.165, 1.54) is 6.92 Å². The summed E-state index contributed by atoms with van der Waals surface area (Å²) in [5.41, 5.74) is 4.53. The first kappa shape index (κ1) is 31.4. The number of rotatable bonds is 3. The van der Waals surface area contributed by atoms with Crippen molar-refractivity contribution in [2.45, 2.75) is 88.9 Å². The van der Waals surface area contributed by atoms with Crippen LogP contribution in [-0.2, 0) is 20.2 Å². The van der Waals surface area contributed by atoms with Crippen molar-refractivity contribution in [1.82, 2.24) is 20.2 Å². The van der Waals surface area contributed by atoms with Crippen molar-refractivity contribution in [1.29, 1.82) is 0 Å². The number of benzene rings is 1. The highest BCUT2D eigenvalue weighted by atomic mass is 19.4. The number of ether oxygens (including phenoxy) is 3. The van der Waals surface area contributed by atoms with Gasteiger partial charge >= 0.3 is 12.5 Å². The molecule has 240 valence electrons. The number of carbonyl (C=O) groups excluding carboxylic acids is 3. The highest BCUT2D eigenvalue weighted by Crippen LogP contribution is 2.42. The van der Waals surface area contributed by atoms with Crippen LogP contribution in [0.3, 0.4) is 0 Å². The molecule has 16 heteroatoms. The molecule has 1 aromatic heterocycles. The summed E-state index contributed by atoms with van der Waals surface area (Å²) in [6.45, 7) is 2.82. The van der Waals surface area contributed by atoms with Gasteiger partial charge in [-0.1, -0.05) is 13.3 Å². The van der Waals surface area contributed by atoms with Crippen LogP contribution < -0.4 is 20.5 Å². The van der Waals surface area contributed by atoms with Crippen LogP contribution in [0.2, 0.25) is 0 Å². The van der Waals surface area contributed by atoms with Gasteiger partial charge in [-0.15, -0.1) is 13.2 Å². The highest BCUT2D eigenvalue weighted by Gasteiger charge is 2.50. The fourth-order valence-electron chi connectivity index (χ4n) is 5.96. The van der Waals surface area contributed by atoms with Gasteiger partial charge < -0.3 is 30.2 Å². The Balaban J connectivity index is 1.56. The smallest absolute Gasteiger partial charge is 0.471 e. The molecule has 1 saturated heterocycles. The molecular weight excluding hydrogens is 597 g/mol. The molecule has 3 heterocycles. The Morgan fingerprint density at radius 2 is 1.91 bits per heavy atom. The minimum Gasteiger partial charge on any atom is -0.471 e. The summed E-state index contributed by atoms with van der Waals surface area (Å²) in [4.78, 5) is 47.8. The summed E-state index contributed by atoms with van der Waals surface area (Å²) in [5.74, 6) is -7.17. The fraction of sp³-hybridized carbons (Fsp3) is 0.607. The summed E-state index contributed by atoms with van der Waals surface area (Å²) >= 11 is 0. The number of amides is 3. The van der Waals surface area contributed by atoms with Crippen LogP contribution in [0.4, 0.5) is 26.7 Å². The van der Waals surface area contributed by atoms with E-state index in [0.29, 0.717) is 19.3 Å². The van der Waals surface area contributed by atoms with Gasteiger partial charge in [-0.05, 0) is 50.7 Å². The number of hydrogen-bond donors (Lipinski definition) is 2. The summed E-state index contributed by atoms with van der Waals surface area (Å²) in [5, 5.41) is 2.48. The van der Waals surface area contributed by atoms with Gasteiger partial charge in [0.1, 0.15) is 30.0 Å². The topological polar surface area (TPSA) is 146 Å². The Labute approximate surface area is 248 Å². The molecule has 2 fully saturated rings. The van der Waals surface area contributed by atoms with Crippen LogP contribution in [0.25, 0.3) is 11.0 Å². The molecular formula is C28H32F5N5O6. The molecule has 2 bridgehead atoms.